The Balaban J connectivity index is 1.32. The third-order valence-electron chi connectivity index (χ3n) is 6.73. The van der Waals surface area contributed by atoms with Crippen molar-refractivity contribution in [3.8, 4) is 0 Å². The zero-order valence-corrected chi connectivity index (χ0v) is 14.6. The van der Waals surface area contributed by atoms with Crippen LogP contribution in [0.2, 0.25) is 0 Å². The van der Waals surface area contributed by atoms with Crippen LogP contribution in [0, 0.1) is 23.7 Å². The first kappa shape index (κ1) is 16.8. The van der Waals surface area contributed by atoms with Gasteiger partial charge in [-0.05, 0) is 68.6 Å². The molecule has 2 nitrogen and oxygen atoms in total. The Labute approximate surface area is 137 Å². The van der Waals surface area contributed by atoms with Gasteiger partial charge in [0.2, 0.25) is 0 Å². The molecular weight excluding hydrogens is 272 g/mol. The summed E-state index contributed by atoms with van der Waals surface area (Å²) in [7, 11) is 0. The SMILES string of the molecule is CCC1CCC(C2CCC(CCC3OCCCO3)CC2)CC1. The number of hydrogen-bond acceptors (Lipinski definition) is 2. The molecule has 0 radical (unpaired) electrons. The molecular formula is C20H36O2. The minimum Gasteiger partial charge on any atom is -0.353 e. The second kappa shape index (κ2) is 8.68. The number of hydrogen-bond donors (Lipinski definition) is 0. The zero-order valence-electron chi connectivity index (χ0n) is 14.6. The van der Waals surface area contributed by atoms with Crippen molar-refractivity contribution in [1.82, 2.24) is 0 Å². The minimum atomic E-state index is 0.107. The van der Waals surface area contributed by atoms with E-state index in [0.29, 0.717) is 0 Å². The monoisotopic (exact) mass is 308 g/mol. The second-order valence-corrected chi connectivity index (χ2v) is 8.07. The molecule has 128 valence electrons. The first-order chi connectivity index (χ1) is 10.8. The Bertz CT molecular complexity index is 295. The van der Waals surface area contributed by atoms with Gasteiger partial charge < -0.3 is 9.47 Å². The van der Waals surface area contributed by atoms with Crippen LogP contribution in [-0.2, 0) is 9.47 Å². The van der Waals surface area contributed by atoms with Gasteiger partial charge in [-0.1, -0.05) is 39.0 Å². The normalized spacial score (nSPS) is 38.0. The predicted octanol–water partition coefficient (Wildman–Crippen LogP) is 5.55. The van der Waals surface area contributed by atoms with Gasteiger partial charge in [-0.15, -0.1) is 0 Å². The highest BCUT2D eigenvalue weighted by molar-refractivity contribution is 4.82. The first-order valence-electron chi connectivity index (χ1n) is 10.1. The van der Waals surface area contributed by atoms with Gasteiger partial charge in [0.15, 0.2) is 6.29 Å². The van der Waals surface area contributed by atoms with E-state index in [1.165, 1.54) is 64.2 Å². The summed E-state index contributed by atoms with van der Waals surface area (Å²) < 4.78 is 11.4. The Hall–Kier alpha value is -0.0800. The van der Waals surface area contributed by atoms with Crippen molar-refractivity contribution in [2.75, 3.05) is 13.2 Å². The molecule has 3 aliphatic rings. The molecule has 0 amide bonds. The van der Waals surface area contributed by atoms with Crippen LogP contribution in [-0.4, -0.2) is 19.5 Å². The van der Waals surface area contributed by atoms with Crippen LogP contribution in [0.4, 0.5) is 0 Å². The van der Waals surface area contributed by atoms with Crippen LogP contribution in [0.5, 0.6) is 0 Å². The molecule has 0 aromatic rings. The fraction of sp³-hybridized carbons (Fsp3) is 1.00. The van der Waals surface area contributed by atoms with E-state index in [-0.39, 0.29) is 6.29 Å². The van der Waals surface area contributed by atoms with Gasteiger partial charge in [0.05, 0.1) is 13.2 Å². The summed E-state index contributed by atoms with van der Waals surface area (Å²) in [4.78, 5) is 0. The molecule has 2 saturated carbocycles. The summed E-state index contributed by atoms with van der Waals surface area (Å²) in [5.41, 5.74) is 0. The highest BCUT2D eigenvalue weighted by Crippen LogP contribution is 2.42. The lowest BCUT2D eigenvalue weighted by molar-refractivity contribution is -0.183. The van der Waals surface area contributed by atoms with Gasteiger partial charge in [-0.25, -0.2) is 0 Å². The van der Waals surface area contributed by atoms with Crippen molar-refractivity contribution >= 4 is 0 Å². The van der Waals surface area contributed by atoms with E-state index < -0.39 is 0 Å². The highest BCUT2D eigenvalue weighted by Gasteiger charge is 2.30. The fourth-order valence-electron chi connectivity index (χ4n) is 5.09. The van der Waals surface area contributed by atoms with Gasteiger partial charge in [-0.3, -0.25) is 0 Å². The molecule has 0 unspecified atom stereocenters. The molecule has 2 heteroatoms. The Morgan fingerprint density at radius 3 is 1.77 bits per heavy atom. The lowest BCUT2D eigenvalue weighted by atomic mass is 9.68. The Morgan fingerprint density at radius 1 is 0.682 bits per heavy atom. The Morgan fingerprint density at radius 2 is 1.23 bits per heavy atom. The average molecular weight is 309 g/mol. The van der Waals surface area contributed by atoms with E-state index in [4.69, 9.17) is 9.47 Å². The summed E-state index contributed by atoms with van der Waals surface area (Å²) in [6.07, 6.45) is 17.0. The lowest BCUT2D eigenvalue weighted by Crippen LogP contribution is -2.28. The second-order valence-electron chi connectivity index (χ2n) is 8.07. The van der Waals surface area contributed by atoms with Crippen molar-refractivity contribution in [3.05, 3.63) is 0 Å². The van der Waals surface area contributed by atoms with Crippen LogP contribution >= 0.6 is 0 Å². The van der Waals surface area contributed by atoms with Crippen LogP contribution in [0.3, 0.4) is 0 Å². The maximum atomic E-state index is 5.68. The van der Waals surface area contributed by atoms with E-state index in [9.17, 15) is 0 Å². The topological polar surface area (TPSA) is 18.5 Å². The van der Waals surface area contributed by atoms with Crippen LogP contribution < -0.4 is 0 Å². The molecule has 22 heavy (non-hydrogen) atoms. The molecule has 1 aliphatic heterocycles. The van der Waals surface area contributed by atoms with Crippen LogP contribution in [0.1, 0.15) is 84.0 Å². The largest absolute Gasteiger partial charge is 0.353 e. The van der Waals surface area contributed by atoms with Crippen LogP contribution in [0.25, 0.3) is 0 Å². The zero-order chi connectivity index (χ0) is 15.2. The summed E-state index contributed by atoms with van der Waals surface area (Å²) in [5.74, 6) is 4.10. The van der Waals surface area contributed by atoms with E-state index in [1.54, 1.807) is 0 Å². The maximum absolute atomic E-state index is 5.68. The molecule has 0 bridgehead atoms. The van der Waals surface area contributed by atoms with E-state index in [0.717, 1.165) is 49.7 Å². The standard InChI is InChI=1S/C20H36O2/c1-2-16-4-9-18(10-5-16)19-11-6-17(7-12-19)8-13-20-21-14-3-15-22-20/h16-20H,2-15H2,1H3. The molecule has 0 aromatic carbocycles. The molecule has 0 N–H and O–H groups in total. The quantitative estimate of drug-likeness (QED) is 0.662. The summed E-state index contributed by atoms with van der Waals surface area (Å²) in [6, 6.07) is 0. The van der Waals surface area contributed by atoms with Crippen molar-refractivity contribution in [1.29, 1.82) is 0 Å². The van der Waals surface area contributed by atoms with Crippen molar-refractivity contribution in [2.24, 2.45) is 23.7 Å². The lowest BCUT2D eigenvalue weighted by Gasteiger charge is -2.38. The van der Waals surface area contributed by atoms with Crippen molar-refractivity contribution in [3.63, 3.8) is 0 Å². The third-order valence-corrected chi connectivity index (χ3v) is 6.73. The van der Waals surface area contributed by atoms with E-state index in [1.807, 2.05) is 0 Å². The summed E-state index contributed by atoms with van der Waals surface area (Å²) >= 11 is 0. The molecule has 2 aliphatic carbocycles. The van der Waals surface area contributed by atoms with Gasteiger partial charge in [-0.2, -0.15) is 0 Å². The summed E-state index contributed by atoms with van der Waals surface area (Å²) in [5, 5.41) is 0. The maximum Gasteiger partial charge on any atom is 0.157 e. The molecule has 3 rings (SSSR count). The third kappa shape index (κ3) is 4.71. The number of rotatable bonds is 5. The molecule has 1 saturated heterocycles. The van der Waals surface area contributed by atoms with Crippen LogP contribution in [0.15, 0.2) is 0 Å². The van der Waals surface area contributed by atoms with Gasteiger partial charge in [0, 0.05) is 0 Å². The minimum absolute atomic E-state index is 0.107. The van der Waals surface area contributed by atoms with Crippen molar-refractivity contribution < 1.29 is 9.47 Å². The molecule has 1 heterocycles. The predicted molar refractivity (Wildman–Crippen MR) is 90.7 cm³/mol. The fourth-order valence-corrected chi connectivity index (χ4v) is 5.09. The smallest absolute Gasteiger partial charge is 0.157 e. The van der Waals surface area contributed by atoms with E-state index >= 15 is 0 Å². The molecule has 3 fully saturated rings. The van der Waals surface area contributed by atoms with Crippen molar-refractivity contribution in [2.45, 2.75) is 90.3 Å². The first-order valence-corrected chi connectivity index (χ1v) is 10.1. The summed E-state index contributed by atoms with van der Waals surface area (Å²) in [6.45, 7) is 4.17. The average Bonchev–Trinajstić information content (AvgIpc) is 2.61. The van der Waals surface area contributed by atoms with E-state index in [2.05, 4.69) is 6.92 Å². The van der Waals surface area contributed by atoms with Gasteiger partial charge in [0.1, 0.15) is 0 Å². The molecule has 0 atom stereocenters. The molecule has 0 aromatic heterocycles. The Kier molecular flexibility index (Phi) is 6.62. The highest BCUT2D eigenvalue weighted by atomic mass is 16.7. The number of ether oxygens (including phenoxy) is 2. The molecule has 0 spiro atoms. The van der Waals surface area contributed by atoms with Gasteiger partial charge in [0.25, 0.3) is 0 Å². The van der Waals surface area contributed by atoms with Gasteiger partial charge >= 0.3 is 0 Å².